The van der Waals surface area contributed by atoms with E-state index in [0.29, 0.717) is 10.7 Å². The van der Waals surface area contributed by atoms with Crippen LogP contribution in [0.1, 0.15) is 53.9 Å². The average molecular weight is 154 g/mol. The minimum Gasteiger partial charge on any atom is -0.0667 e. The summed E-state index contributed by atoms with van der Waals surface area (Å²) in [7, 11) is 2.35. The van der Waals surface area contributed by atoms with Crippen molar-refractivity contribution in [3.63, 3.8) is 0 Å². The molecule has 1 heteroatoms. The quantitative estimate of drug-likeness (QED) is 0.546. The van der Waals surface area contributed by atoms with E-state index in [1.807, 2.05) is 0 Å². The molecule has 0 rings (SSSR count). The summed E-state index contributed by atoms with van der Waals surface area (Å²) >= 11 is 0. The lowest BCUT2D eigenvalue weighted by atomic mass is 9.53. The van der Waals surface area contributed by atoms with Gasteiger partial charge in [-0.15, -0.1) is 0 Å². The Morgan fingerprint density at radius 1 is 1.09 bits per heavy atom. The van der Waals surface area contributed by atoms with Gasteiger partial charge in [-0.3, -0.25) is 0 Å². The standard InChI is InChI=1S/C10H23B/c1-6-8-10(5,7-2)9(3,4)11/h6-8,11H2,1-5H3. The lowest BCUT2D eigenvalue weighted by Crippen LogP contribution is -2.29. The normalized spacial score (nSPS) is 17.9. The largest absolute Gasteiger partial charge is 0.109 e. The van der Waals surface area contributed by atoms with Crippen molar-refractivity contribution in [2.24, 2.45) is 5.41 Å². The van der Waals surface area contributed by atoms with Crippen LogP contribution in [0.3, 0.4) is 0 Å². The predicted molar refractivity (Wildman–Crippen MR) is 55.9 cm³/mol. The molecule has 0 spiro atoms. The second kappa shape index (κ2) is 3.64. The molecule has 0 aliphatic heterocycles. The van der Waals surface area contributed by atoms with Gasteiger partial charge in [0.15, 0.2) is 0 Å². The maximum absolute atomic E-state index is 2.41. The molecule has 0 amide bonds. The van der Waals surface area contributed by atoms with Crippen molar-refractivity contribution >= 4 is 7.85 Å². The molecule has 0 aromatic rings. The van der Waals surface area contributed by atoms with Gasteiger partial charge in [-0.25, -0.2) is 0 Å². The van der Waals surface area contributed by atoms with Gasteiger partial charge in [0.2, 0.25) is 0 Å². The Morgan fingerprint density at radius 3 is 1.64 bits per heavy atom. The molecule has 0 bridgehead atoms. The topological polar surface area (TPSA) is 0 Å². The van der Waals surface area contributed by atoms with E-state index in [-0.39, 0.29) is 0 Å². The third kappa shape index (κ3) is 2.54. The van der Waals surface area contributed by atoms with E-state index in [9.17, 15) is 0 Å². The van der Waals surface area contributed by atoms with Crippen LogP contribution in [-0.2, 0) is 0 Å². The minimum atomic E-state index is 0.456. The molecule has 0 saturated heterocycles. The van der Waals surface area contributed by atoms with E-state index in [2.05, 4.69) is 42.5 Å². The second-order valence-electron chi connectivity index (χ2n) is 4.91. The van der Waals surface area contributed by atoms with Gasteiger partial charge in [0.05, 0.1) is 0 Å². The fraction of sp³-hybridized carbons (Fsp3) is 1.00. The SMILES string of the molecule is BC(C)(C)C(C)(CC)CCC. The molecule has 66 valence electrons. The highest BCUT2D eigenvalue weighted by Crippen LogP contribution is 2.48. The van der Waals surface area contributed by atoms with Crippen LogP contribution in [0, 0.1) is 5.41 Å². The zero-order chi connectivity index (χ0) is 9.12. The number of hydrogen-bond acceptors (Lipinski definition) is 0. The molecule has 0 N–H and O–H groups in total. The monoisotopic (exact) mass is 154 g/mol. The fourth-order valence-electron chi connectivity index (χ4n) is 1.63. The van der Waals surface area contributed by atoms with Gasteiger partial charge in [0.1, 0.15) is 7.85 Å². The highest BCUT2D eigenvalue weighted by Gasteiger charge is 2.34. The molecule has 0 saturated carbocycles. The molecule has 0 nitrogen and oxygen atoms in total. The summed E-state index contributed by atoms with van der Waals surface area (Å²) in [6.07, 6.45) is 3.96. The zero-order valence-corrected chi connectivity index (χ0v) is 9.12. The van der Waals surface area contributed by atoms with Gasteiger partial charge in [-0.05, 0) is 11.8 Å². The zero-order valence-electron chi connectivity index (χ0n) is 9.12. The Bertz CT molecular complexity index is 113. The Hall–Kier alpha value is 0.0649. The summed E-state index contributed by atoms with van der Waals surface area (Å²) < 4.78 is 0. The third-order valence-corrected chi connectivity index (χ3v) is 3.39. The van der Waals surface area contributed by atoms with Crippen molar-refractivity contribution < 1.29 is 0 Å². The fourth-order valence-corrected chi connectivity index (χ4v) is 1.63. The van der Waals surface area contributed by atoms with E-state index in [4.69, 9.17) is 0 Å². The molecule has 11 heavy (non-hydrogen) atoms. The minimum absolute atomic E-state index is 0.456. The van der Waals surface area contributed by atoms with Crippen molar-refractivity contribution in [3.05, 3.63) is 0 Å². The molecule has 1 atom stereocenters. The van der Waals surface area contributed by atoms with E-state index < -0.39 is 0 Å². The Kier molecular flexibility index (Phi) is 3.67. The van der Waals surface area contributed by atoms with Crippen molar-refractivity contribution in [3.8, 4) is 0 Å². The van der Waals surface area contributed by atoms with Gasteiger partial charge in [0, 0.05) is 0 Å². The lowest BCUT2D eigenvalue weighted by Gasteiger charge is -2.41. The van der Waals surface area contributed by atoms with Gasteiger partial charge in [-0.2, -0.15) is 0 Å². The van der Waals surface area contributed by atoms with Gasteiger partial charge < -0.3 is 0 Å². The van der Waals surface area contributed by atoms with Crippen LogP contribution in [0.5, 0.6) is 0 Å². The van der Waals surface area contributed by atoms with Crippen LogP contribution >= 0.6 is 0 Å². The highest BCUT2D eigenvalue weighted by atomic mass is 14.4. The molecule has 0 aromatic carbocycles. The van der Waals surface area contributed by atoms with Crippen LogP contribution in [0.25, 0.3) is 0 Å². The Labute approximate surface area is 73.2 Å². The Morgan fingerprint density at radius 2 is 1.55 bits per heavy atom. The van der Waals surface area contributed by atoms with Crippen LogP contribution in [0.4, 0.5) is 0 Å². The smallest absolute Gasteiger partial charge is 0.0667 e. The first-order valence-electron chi connectivity index (χ1n) is 4.87. The second-order valence-corrected chi connectivity index (χ2v) is 4.91. The first-order chi connectivity index (χ1) is 4.87. The van der Waals surface area contributed by atoms with Gasteiger partial charge in [-0.1, -0.05) is 52.8 Å². The highest BCUT2D eigenvalue weighted by molar-refractivity contribution is 6.15. The van der Waals surface area contributed by atoms with E-state index >= 15 is 0 Å². The van der Waals surface area contributed by atoms with Crippen molar-refractivity contribution in [1.82, 2.24) is 0 Å². The number of hydrogen-bond donors (Lipinski definition) is 0. The molecule has 0 heterocycles. The van der Waals surface area contributed by atoms with E-state index in [0.717, 1.165) is 0 Å². The maximum Gasteiger partial charge on any atom is 0.109 e. The van der Waals surface area contributed by atoms with Crippen molar-refractivity contribution in [2.45, 2.75) is 59.2 Å². The van der Waals surface area contributed by atoms with Crippen LogP contribution in [0.15, 0.2) is 0 Å². The summed E-state index contributed by atoms with van der Waals surface area (Å²) in [6.45, 7) is 11.7. The molecule has 0 aromatic heterocycles. The van der Waals surface area contributed by atoms with Crippen LogP contribution < -0.4 is 0 Å². The first-order valence-corrected chi connectivity index (χ1v) is 4.87. The summed E-state index contributed by atoms with van der Waals surface area (Å²) in [5, 5.41) is 0.456. The van der Waals surface area contributed by atoms with E-state index in [1.54, 1.807) is 0 Å². The molecule has 0 radical (unpaired) electrons. The molecular weight excluding hydrogens is 131 g/mol. The van der Waals surface area contributed by atoms with Gasteiger partial charge in [0.25, 0.3) is 0 Å². The van der Waals surface area contributed by atoms with Crippen LogP contribution in [-0.4, -0.2) is 7.85 Å². The summed E-state index contributed by atoms with van der Waals surface area (Å²) in [4.78, 5) is 0. The maximum atomic E-state index is 2.41. The van der Waals surface area contributed by atoms with Crippen LogP contribution in [0.2, 0.25) is 5.31 Å². The van der Waals surface area contributed by atoms with Crippen molar-refractivity contribution in [1.29, 1.82) is 0 Å². The Balaban J connectivity index is 4.33. The van der Waals surface area contributed by atoms with Crippen molar-refractivity contribution in [2.75, 3.05) is 0 Å². The summed E-state index contributed by atoms with van der Waals surface area (Å²) in [5.41, 5.74) is 0.530. The lowest BCUT2D eigenvalue weighted by molar-refractivity contribution is 0.204. The van der Waals surface area contributed by atoms with E-state index in [1.165, 1.54) is 19.3 Å². The predicted octanol–water partition coefficient (Wildman–Crippen LogP) is 3.03. The summed E-state index contributed by atoms with van der Waals surface area (Å²) in [6, 6.07) is 0. The average Bonchev–Trinajstić information content (AvgIpc) is 1.86. The van der Waals surface area contributed by atoms with Gasteiger partial charge >= 0.3 is 0 Å². The molecular formula is C10H23B. The molecule has 0 aliphatic rings. The molecule has 0 aliphatic carbocycles. The third-order valence-electron chi connectivity index (χ3n) is 3.39. The molecule has 1 unspecified atom stereocenters. The molecule has 0 fully saturated rings. The number of rotatable bonds is 4. The summed E-state index contributed by atoms with van der Waals surface area (Å²) in [5.74, 6) is 0. The first kappa shape index (κ1) is 11.1.